The zero-order chi connectivity index (χ0) is 16.1. The van der Waals surface area contributed by atoms with Gasteiger partial charge >= 0.3 is 0 Å². The Morgan fingerprint density at radius 3 is 2.19 bits per heavy atom. The number of nitrogens with one attached hydrogen (secondary N) is 2. The van der Waals surface area contributed by atoms with Crippen molar-refractivity contribution >= 4 is 11.6 Å². The maximum Gasteiger partial charge on any atom is 0.135 e. The molecule has 0 aliphatic rings. The average Bonchev–Trinajstić information content (AvgIpc) is 2.37. The highest BCUT2D eigenvalue weighted by atomic mass is 16.3. The molecular formula is C16H30N4O. The van der Waals surface area contributed by atoms with Crippen LogP contribution in [0.2, 0.25) is 0 Å². The predicted octanol–water partition coefficient (Wildman–Crippen LogP) is 3.21. The molecule has 0 unspecified atom stereocenters. The Bertz CT molecular complexity index is 452. The molecule has 0 saturated heterocycles. The number of hydrogen-bond donors (Lipinski definition) is 3. The van der Waals surface area contributed by atoms with Crippen molar-refractivity contribution in [3.05, 3.63) is 11.9 Å². The molecule has 1 heterocycles. The van der Waals surface area contributed by atoms with Crippen LogP contribution < -0.4 is 10.6 Å². The summed E-state index contributed by atoms with van der Waals surface area (Å²) in [7, 11) is 0. The van der Waals surface area contributed by atoms with E-state index in [1.54, 1.807) is 20.2 Å². The minimum Gasteiger partial charge on any atom is -0.388 e. The highest BCUT2D eigenvalue weighted by Crippen LogP contribution is 2.29. The van der Waals surface area contributed by atoms with Crippen LogP contribution in [0.5, 0.6) is 0 Å². The second-order valence-electron chi connectivity index (χ2n) is 6.54. The third kappa shape index (κ3) is 4.56. The lowest BCUT2D eigenvalue weighted by molar-refractivity contribution is 0.0238. The molecule has 1 aromatic heterocycles. The third-order valence-corrected chi connectivity index (χ3v) is 3.95. The monoisotopic (exact) mass is 294 g/mol. The Morgan fingerprint density at radius 1 is 1.05 bits per heavy atom. The largest absolute Gasteiger partial charge is 0.388 e. The van der Waals surface area contributed by atoms with Crippen LogP contribution in [0.4, 0.5) is 11.6 Å². The van der Waals surface area contributed by atoms with Crippen LogP contribution in [-0.4, -0.2) is 32.8 Å². The van der Waals surface area contributed by atoms with Gasteiger partial charge in [0.2, 0.25) is 0 Å². The number of aliphatic hydroxyl groups is 1. The van der Waals surface area contributed by atoms with Gasteiger partial charge in [0, 0.05) is 12.1 Å². The predicted molar refractivity (Wildman–Crippen MR) is 88.8 cm³/mol. The van der Waals surface area contributed by atoms with E-state index in [1.165, 1.54) is 0 Å². The molecule has 0 spiro atoms. The molecule has 0 bridgehead atoms. The number of aromatic nitrogens is 2. The Balaban J connectivity index is 3.11. The van der Waals surface area contributed by atoms with E-state index in [0.717, 1.165) is 43.0 Å². The maximum absolute atomic E-state index is 10.3. The van der Waals surface area contributed by atoms with E-state index in [-0.39, 0.29) is 0 Å². The first-order chi connectivity index (χ1) is 9.73. The smallest absolute Gasteiger partial charge is 0.135 e. The van der Waals surface area contributed by atoms with Crippen LogP contribution in [0.25, 0.3) is 0 Å². The van der Waals surface area contributed by atoms with Gasteiger partial charge in [-0.3, -0.25) is 0 Å². The number of rotatable bonds is 8. The van der Waals surface area contributed by atoms with Gasteiger partial charge in [0.1, 0.15) is 18.0 Å². The van der Waals surface area contributed by atoms with Crippen LogP contribution in [0, 0.1) is 0 Å². The van der Waals surface area contributed by atoms with Crippen molar-refractivity contribution in [3.8, 4) is 0 Å². The van der Waals surface area contributed by atoms with Crippen LogP contribution in [-0.2, 0) is 6.42 Å². The Kier molecular flexibility index (Phi) is 5.96. The minimum absolute atomic E-state index is 0.494. The molecule has 120 valence electrons. The van der Waals surface area contributed by atoms with Gasteiger partial charge in [-0.15, -0.1) is 0 Å². The van der Waals surface area contributed by atoms with E-state index in [0.29, 0.717) is 0 Å². The molecule has 0 amide bonds. The summed E-state index contributed by atoms with van der Waals surface area (Å²) in [6.45, 7) is 12.7. The van der Waals surface area contributed by atoms with E-state index in [9.17, 15) is 5.11 Å². The summed E-state index contributed by atoms with van der Waals surface area (Å²) >= 11 is 0. The van der Waals surface area contributed by atoms with Crippen LogP contribution in [0.15, 0.2) is 6.33 Å². The number of hydrogen-bond acceptors (Lipinski definition) is 5. The van der Waals surface area contributed by atoms with Crippen LogP contribution >= 0.6 is 0 Å². The van der Waals surface area contributed by atoms with E-state index in [1.807, 2.05) is 13.8 Å². The molecule has 3 N–H and O–H groups in total. The first-order valence-electron chi connectivity index (χ1n) is 7.81. The second-order valence-corrected chi connectivity index (χ2v) is 6.54. The molecule has 0 aliphatic carbocycles. The fourth-order valence-electron chi connectivity index (χ4n) is 1.85. The average molecular weight is 294 g/mol. The topological polar surface area (TPSA) is 70.1 Å². The van der Waals surface area contributed by atoms with Gasteiger partial charge in [0.15, 0.2) is 0 Å². The zero-order valence-corrected chi connectivity index (χ0v) is 14.2. The lowest BCUT2D eigenvalue weighted by atomic mass is 9.86. The Morgan fingerprint density at radius 2 is 1.67 bits per heavy atom. The fourth-order valence-corrected chi connectivity index (χ4v) is 1.85. The van der Waals surface area contributed by atoms with E-state index >= 15 is 0 Å². The van der Waals surface area contributed by atoms with Crippen molar-refractivity contribution in [2.45, 2.75) is 71.9 Å². The molecule has 0 aliphatic heterocycles. The summed E-state index contributed by atoms with van der Waals surface area (Å²) in [5, 5.41) is 17.1. The molecule has 0 radical (unpaired) electrons. The second kappa shape index (κ2) is 7.07. The van der Waals surface area contributed by atoms with E-state index in [4.69, 9.17) is 0 Å². The molecule has 1 aromatic rings. The third-order valence-electron chi connectivity index (χ3n) is 3.95. The summed E-state index contributed by atoms with van der Waals surface area (Å²) in [6.07, 6.45) is 4.54. The maximum atomic E-state index is 10.3. The molecule has 0 fully saturated rings. The summed E-state index contributed by atoms with van der Waals surface area (Å²) in [5.74, 6) is 1.69. The van der Waals surface area contributed by atoms with Crippen LogP contribution in [0.1, 0.15) is 59.9 Å². The van der Waals surface area contributed by atoms with Crippen LogP contribution in [0.3, 0.4) is 0 Å². The van der Waals surface area contributed by atoms with Crippen molar-refractivity contribution < 1.29 is 5.11 Å². The number of anilines is 2. The summed E-state index contributed by atoms with van der Waals surface area (Å²) in [6, 6.07) is 0. The molecule has 0 saturated carbocycles. The van der Waals surface area contributed by atoms with E-state index < -0.39 is 11.1 Å². The highest BCUT2D eigenvalue weighted by molar-refractivity contribution is 5.58. The normalized spacial score (nSPS) is 12.3. The summed E-state index contributed by atoms with van der Waals surface area (Å²) < 4.78 is 0. The molecule has 5 heteroatoms. The van der Waals surface area contributed by atoms with Crippen molar-refractivity contribution in [1.29, 1.82) is 0 Å². The van der Waals surface area contributed by atoms with Crippen molar-refractivity contribution in [2.75, 3.05) is 17.2 Å². The molecular weight excluding hydrogens is 264 g/mol. The first-order valence-corrected chi connectivity index (χ1v) is 7.81. The van der Waals surface area contributed by atoms with Gasteiger partial charge in [-0.25, -0.2) is 9.97 Å². The molecule has 1 rings (SSSR count). The SMILES string of the molecule is CCCNc1ncnc(NC(C)(C)C(C)(C)O)c1CCC. The molecule has 21 heavy (non-hydrogen) atoms. The quantitative estimate of drug-likeness (QED) is 0.687. The standard InChI is InChI=1S/C16H30N4O/c1-7-9-12-13(17-10-8-2)18-11-19-14(12)20-15(3,4)16(5,6)21/h11,21H,7-10H2,1-6H3,(H2,17,18,19,20). The highest BCUT2D eigenvalue weighted by Gasteiger charge is 2.35. The van der Waals surface area contributed by atoms with Gasteiger partial charge in [0.05, 0.1) is 11.1 Å². The molecule has 5 nitrogen and oxygen atoms in total. The lowest BCUT2D eigenvalue weighted by Crippen LogP contribution is -2.51. The number of nitrogens with zero attached hydrogens (tertiary/aromatic N) is 2. The summed E-state index contributed by atoms with van der Waals surface area (Å²) in [4.78, 5) is 8.75. The lowest BCUT2D eigenvalue weighted by Gasteiger charge is -2.39. The van der Waals surface area contributed by atoms with Gasteiger partial charge in [-0.05, 0) is 40.5 Å². The van der Waals surface area contributed by atoms with Crippen molar-refractivity contribution in [3.63, 3.8) is 0 Å². The van der Waals surface area contributed by atoms with Crippen molar-refractivity contribution in [2.24, 2.45) is 0 Å². The van der Waals surface area contributed by atoms with E-state index in [2.05, 4.69) is 34.4 Å². The van der Waals surface area contributed by atoms with Gasteiger partial charge in [0.25, 0.3) is 0 Å². The van der Waals surface area contributed by atoms with Crippen molar-refractivity contribution in [1.82, 2.24) is 9.97 Å². The minimum atomic E-state index is -0.863. The van der Waals surface area contributed by atoms with Gasteiger partial charge < -0.3 is 15.7 Å². The van der Waals surface area contributed by atoms with Gasteiger partial charge in [-0.2, -0.15) is 0 Å². The van der Waals surface area contributed by atoms with Gasteiger partial charge in [-0.1, -0.05) is 20.3 Å². The first kappa shape index (κ1) is 17.7. The Hall–Kier alpha value is -1.36. The molecule has 0 aromatic carbocycles. The molecule has 0 atom stereocenters. The summed E-state index contributed by atoms with van der Waals surface area (Å²) in [5.41, 5.74) is -0.268. The fraction of sp³-hybridized carbons (Fsp3) is 0.750. The Labute approximate surface area is 128 Å². The zero-order valence-electron chi connectivity index (χ0n) is 14.2.